The largest absolute Gasteiger partial charge is 0.330 e. The van der Waals surface area contributed by atoms with Crippen LogP contribution in [0.4, 0.5) is 0 Å². The highest BCUT2D eigenvalue weighted by molar-refractivity contribution is 5.21. The quantitative estimate of drug-likeness (QED) is 0.836. The van der Waals surface area contributed by atoms with Gasteiger partial charge in [0, 0.05) is 13.1 Å². The van der Waals surface area contributed by atoms with E-state index in [1.165, 1.54) is 30.4 Å². The lowest BCUT2D eigenvalue weighted by atomic mass is 9.68. The summed E-state index contributed by atoms with van der Waals surface area (Å²) in [4.78, 5) is 2.45. The van der Waals surface area contributed by atoms with Crippen molar-refractivity contribution in [1.82, 2.24) is 4.90 Å². The minimum atomic E-state index is 0.433. The predicted octanol–water partition coefficient (Wildman–Crippen LogP) is 2.60. The fourth-order valence-corrected chi connectivity index (χ4v) is 2.83. The average Bonchev–Trinajstić information content (AvgIpc) is 2.33. The summed E-state index contributed by atoms with van der Waals surface area (Å²) in [6.07, 6.45) is 5.14. The fourth-order valence-electron chi connectivity index (χ4n) is 2.83. The molecule has 0 heterocycles. The molecule has 2 nitrogen and oxygen atoms in total. The number of hydrogen-bond donors (Lipinski definition) is 1. The zero-order chi connectivity index (χ0) is 13.0. The Bertz CT molecular complexity index is 360. The second-order valence-corrected chi connectivity index (χ2v) is 6.03. The summed E-state index contributed by atoms with van der Waals surface area (Å²) in [5.74, 6) is 0. The molecule has 1 fully saturated rings. The van der Waals surface area contributed by atoms with Gasteiger partial charge in [0.2, 0.25) is 0 Å². The highest BCUT2D eigenvalue weighted by Gasteiger charge is 2.36. The zero-order valence-corrected chi connectivity index (χ0v) is 11.8. The molecule has 0 unspecified atom stereocenters. The molecule has 2 N–H and O–H groups in total. The predicted molar refractivity (Wildman–Crippen MR) is 77.7 cm³/mol. The molecule has 0 bridgehead atoms. The first-order valence-corrected chi connectivity index (χ1v) is 7.08. The van der Waals surface area contributed by atoms with Crippen molar-refractivity contribution in [2.24, 2.45) is 11.1 Å². The van der Waals surface area contributed by atoms with Gasteiger partial charge in [0.15, 0.2) is 0 Å². The minimum Gasteiger partial charge on any atom is -0.330 e. The molecular formula is C16H26N2. The summed E-state index contributed by atoms with van der Waals surface area (Å²) in [6, 6.07) is 8.88. The molecule has 1 aliphatic carbocycles. The van der Waals surface area contributed by atoms with E-state index in [9.17, 15) is 0 Å². The lowest BCUT2D eigenvalue weighted by Gasteiger charge is -2.43. The second kappa shape index (κ2) is 5.85. The van der Waals surface area contributed by atoms with Crippen LogP contribution in [0, 0.1) is 12.3 Å². The molecule has 0 aromatic heterocycles. The van der Waals surface area contributed by atoms with E-state index in [-0.39, 0.29) is 0 Å². The third-order valence-corrected chi connectivity index (χ3v) is 4.36. The van der Waals surface area contributed by atoms with Crippen LogP contribution in [0.15, 0.2) is 24.3 Å². The Balaban J connectivity index is 1.77. The van der Waals surface area contributed by atoms with Gasteiger partial charge in [0.25, 0.3) is 0 Å². The normalized spacial score (nSPS) is 17.8. The first-order valence-electron chi connectivity index (χ1n) is 7.08. The van der Waals surface area contributed by atoms with Crippen LogP contribution in [0.1, 0.15) is 30.4 Å². The lowest BCUT2D eigenvalue weighted by Crippen LogP contribution is -2.46. The van der Waals surface area contributed by atoms with Crippen LogP contribution in [-0.4, -0.2) is 31.6 Å². The molecule has 1 aromatic rings. The number of nitrogens with two attached hydrogens (primary N) is 1. The Morgan fingerprint density at radius 2 is 1.89 bits per heavy atom. The number of aryl methyl sites for hydroxylation is 1. The number of nitrogens with zero attached hydrogens (tertiary/aromatic N) is 1. The van der Waals surface area contributed by atoms with Crippen molar-refractivity contribution in [1.29, 1.82) is 0 Å². The number of rotatable bonds is 6. The van der Waals surface area contributed by atoms with E-state index >= 15 is 0 Å². The van der Waals surface area contributed by atoms with Crippen molar-refractivity contribution in [2.75, 3.05) is 26.7 Å². The van der Waals surface area contributed by atoms with E-state index < -0.39 is 0 Å². The molecule has 100 valence electrons. The van der Waals surface area contributed by atoms with Crippen LogP contribution >= 0.6 is 0 Å². The van der Waals surface area contributed by atoms with Crippen molar-refractivity contribution in [2.45, 2.75) is 32.6 Å². The SMILES string of the molecule is Cc1ccc(CCN(C)CC2(CN)CCC2)cc1. The maximum Gasteiger partial charge on any atom is 0.00471 e. The van der Waals surface area contributed by atoms with E-state index in [0.29, 0.717) is 5.41 Å². The first-order chi connectivity index (χ1) is 8.63. The van der Waals surface area contributed by atoms with E-state index in [1.807, 2.05) is 0 Å². The molecule has 18 heavy (non-hydrogen) atoms. The second-order valence-electron chi connectivity index (χ2n) is 6.03. The molecule has 1 saturated carbocycles. The molecule has 2 heteroatoms. The van der Waals surface area contributed by atoms with E-state index in [2.05, 4.69) is 43.1 Å². The third-order valence-electron chi connectivity index (χ3n) is 4.36. The van der Waals surface area contributed by atoms with Crippen LogP contribution in [0.3, 0.4) is 0 Å². The van der Waals surface area contributed by atoms with Gasteiger partial charge in [0.05, 0.1) is 0 Å². The van der Waals surface area contributed by atoms with Crippen molar-refractivity contribution in [3.8, 4) is 0 Å². The van der Waals surface area contributed by atoms with Crippen molar-refractivity contribution >= 4 is 0 Å². The molecule has 1 aliphatic rings. The summed E-state index contributed by atoms with van der Waals surface area (Å²) in [5.41, 5.74) is 9.12. The Morgan fingerprint density at radius 1 is 1.22 bits per heavy atom. The molecule has 0 saturated heterocycles. The minimum absolute atomic E-state index is 0.433. The number of benzene rings is 1. The van der Waals surface area contributed by atoms with E-state index in [0.717, 1.165) is 26.1 Å². The number of hydrogen-bond acceptors (Lipinski definition) is 2. The van der Waals surface area contributed by atoms with Gasteiger partial charge in [-0.25, -0.2) is 0 Å². The standard InChI is InChI=1S/C16H26N2/c1-14-4-6-15(7-5-14)8-11-18(2)13-16(12-17)9-3-10-16/h4-7H,3,8-13,17H2,1-2H3. The van der Waals surface area contributed by atoms with Crippen molar-refractivity contribution in [3.05, 3.63) is 35.4 Å². The summed E-state index contributed by atoms with van der Waals surface area (Å²) in [5, 5.41) is 0. The molecule has 0 aliphatic heterocycles. The third kappa shape index (κ3) is 3.33. The van der Waals surface area contributed by atoms with Crippen LogP contribution in [0.5, 0.6) is 0 Å². The maximum atomic E-state index is 5.91. The van der Waals surface area contributed by atoms with Crippen LogP contribution < -0.4 is 5.73 Å². The smallest absolute Gasteiger partial charge is 0.00471 e. The zero-order valence-electron chi connectivity index (χ0n) is 11.8. The summed E-state index contributed by atoms with van der Waals surface area (Å²) >= 11 is 0. The Hall–Kier alpha value is -0.860. The molecule has 0 radical (unpaired) electrons. The van der Waals surface area contributed by atoms with Gasteiger partial charge in [-0.05, 0) is 50.8 Å². The van der Waals surface area contributed by atoms with Crippen LogP contribution in [0.2, 0.25) is 0 Å². The Kier molecular flexibility index (Phi) is 4.41. The highest BCUT2D eigenvalue weighted by Crippen LogP contribution is 2.40. The monoisotopic (exact) mass is 246 g/mol. The van der Waals surface area contributed by atoms with Crippen molar-refractivity contribution < 1.29 is 0 Å². The van der Waals surface area contributed by atoms with Gasteiger partial charge in [0.1, 0.15) is 0 Å². The summed E-state index contributed by atoms with van der Waals surface area (Å²) < 4.78 is 0. The fraction of sp³-hybridized carbons (Fsp3) is 0.625. The maximum absolute atomic E-state index is 5.91. The van der Waals surface area contributed by atoms with Gasteiger partial charge in [-0.3, -0.25) is 0 Å². The highest BCUT2D eigenvalue weighted by atomic mass is 15.1. The Morgan fingerprint density at radius 3 is 2.39 bits per heavy atom. The molecule has 2 rings (SSSR count). The van der Waals surface area contributed by atoms with Gasteiger partial charge in [-0.1, -0.05) is 36.2 Å². The van der Waals surface area contributed by atoms with Gasteiger partial charge in [-0.2, -0.15) is 0 Å². The summed E-state index contributed by atoms with van der Waals surface area (Å²) in [7, 11) is 2.23. The number of likely N-dealkylation sites (N-methyl/N-ethyl adjacent to an activating group) is 1. The van der Waals surface area contributed by atoms with E-state index in [1.54, 1.807) is 0 Å². The molecule has 1 aromatic carbocycles. The van der Waals surface area contributed by atoms with Crippen LogP contribution in [-0.2, 0) is 6.42 Å². The molecule has 0 spiro atoms. The average molecular weight is 246 g/mol. The van der Waals surface area contributed by atoms with Crippen LogP contribution in [0.25, 0.3) is 0 Å². The molecule has 0 atom stereocenters. The summed E-state index contributed by atoms with van der Waals surface area (Å²) in [6.45, 7) is 5.28. The molecular weight excluding hydrogens is 220 g/mol. The lowest BCUT2D eigenvalue weighted by molar-refractivity contribution is 0.0882. The van der Waals surface area contributed by atoms with Gasteiger partial charge >= 0.3 is 0 Å². The van der Waals surface area contributed by atoms with Gasteiger partial charge in [-0.15, -0.1) is 0 Å². The Labute approximate surface area is 111 Å². The topological polar surface area (TPSA) is 29.3 Å². The van der Waals surface area contributed by atoms with Gasteiger partial charge < -0.3 is 10.6 Å². The first kappa shape index (κ1) is 13.6. The van der Waals surface area contributed by atoms with Crippen molar-refractivity contribution in [3.63, 3.8) is 0 Å². The molecule has 0 amide bonds. The van der Waals surface area contributed by atoms with E-state index in [4.69, 9.17) is 5.73 Å².